The zero-order valence-corrected chi connectivity index (χ0v) is 12.0. The summed E-state index contributed by atoms with van der Waals surface area (Å²) in [5.74, 6) is 0.243. The summed E-state index contributed by atoms with van der Waals surface area (Å²) in [5, 5.41) is 13.2. The van der Waals surface area contributed by atoms with Crippen molar-refractivity contribution in [3.8, 4) is 5.75 Å². The van der Waals surface area contributed by atoms with Crippen molar-refractivity contribution in [2.75, 3.05) is 13.2 Å². The summed E-state index contributed by atoms with van der Waals surface area (Å²) in [6.07, 6.45) is -0.624. The number of aliphatic hydroxyl groups is 1. The lowest BCUT2D eigenvalue weighted by molar-refractivity contribution is 0.104. The number of hydrogen-bond acceptors (Lipinski definition) is 3. The van der Waals surface area contributed by atoms with E-state index in [9.17, 15) is 9.50 Å². The van der Waals surface area contributed by atoms with E-state index in [1.165, 1.54) is 17.7 Å². The summed E-state index contributed by atoms with van der Waals surface area (Å²) in [6, 6.07) is 15.9. The summed E-state index contributed by atoms with van der Waals surface area (Å²) in [4.78, 5) is 0. The summed E-state index contributed by atoms with van der Waals surface area (Å²) >= 11 is 0. The highest BCUT2D eigenvalue weighted by Crippen LogP contribution is 2.12. The van der Waals surface area contributed by atoms with Crippen LogP contribution < -0.4 is 10.1 Å². The number of halogens is 1. The summed E-state index contributed by atoms with van der Waals surface area (Å²) in [7, 11) is 0. The highest BCUT2D eigenvalue weighted by atomic mass is 19.1. The van der Waals surface area contributed by atoms with Crippen molar-refractivity contribution in [2.45, 2.75) is 19.1 Å². The number of rotatable bonds is 7. The van der Waals surface area contributed by atoms with Gasteiger partial charge in [-0.2, -0.15) is 0 Å². The lowest BCUT2D eigenvalue weighted by atomic mass is 10.1. The highest BCUT2D eigenvalue weighted by Gasteiger charge is 2.09. The molecule has 0 amide bonds. The zero-order chi connectivity index (χ0) is 15.1. The van der Waals surface area contributed by atoms with Crippen LogP contribution in [0.1, 0.15) is 18.5 Å². The Labute approximate surface area is 124 Å². The number of nitrogens with one attached hydrogen (secondary N) is 1. The van der Waals surface area contributed by atoms with Gasteiger partial charge in [0, 0.05) is 12.6 Å². The molecule has 3 nitrogen and oxygen atoms in total. The van der Waals surface area contributed by atoms with Crippen molar-refractivity contribution in [1.82, 2.24) is 5.32 Å². The summed E-state index contributed by atoms with van der Waals surface area (Å²) in [6.45, 7) is 2.64. The normalized spacial score (nSPS) is 13.7. The maximum Gasteiger partial charge on any atom is 0.123 e. The topological polar surface area (TPSA) is 41.5 Å². The molecule has 0 bridgehead atoms. The third kappa shape index (κ3) is 5.17. The fourth-order valence-corrected chi connectivity index (χ4v) is 1.95. The molecule has 0 saturated carbocycles. The van der Waals surface area contributed by atoms with Crippen LogP contribution in [0.3, 0.4) is 0 Å². The molecule has 0 spiro atoms. The first-order chi connectivity index (χ1) is 10.1. The van der Waals surface area contributed by atoms with Gasteiger partial charge in [0.25, 0.3) is 0 Å². The average Bonchev–Trinajstić information content (AvgIpc) is 2.53. The maximum absolute atomic E-state index is 12.7. The van der Waals surface area contributed by atoms with Gasteiger partial charge in [0.05, 0.1) is 0 Å². The Morgan fingerprint density at radius 3 is 2.43 bits per heavy atom. The molecule has 2 atom stereocenters. The molecule has 2 N–H and O–H groups in total. The van der Waals surface area contributed by atoms with Crippen LogP contribution in [0.25, 0.3) is 0 Å². The third-order valence-corrected chi connectivity index (χ3v) is 3.22. The van der Waals surface area contributed by atoms with E-state index < -0.39 is 6.10 Å². The second kappa shape index (κ2) is 7.76. The molecule has 0 aliphatic carbocycles. The van der Waals surface area contributed by atoms with Crippen LogP contribution in [0.5, 0.6) is 5.75 Å². The quantitative estimate of drug-likeness (QED) is 0.823. The van der Waals surface area contributed by atoms with Gasteiger partial charge in [-0.3, -0.25) is 0 Å². The Balaban J connectivity index is 1.72. The molecule has 4 heteroatoms. The van der Waals surface area contributed by atoms with E-state index in [4.69, 9.17) is 4.74 Å². The monoisotopic (exact) mass is 289 g/mol. The molecule has 2 aromatic carbocycles. The van der Waals surface area contributed by atoms with Crippen LogP contribution in [0, 0.1) is 5.82 Å². The second-order valence-electron chi connectivity index (χ2n) is 4.96. The summed E-state index contributed by atoms with van der Waals surface area (Å²) < 4.78 is 18.1. The Morgan fingerprint density at radius 2 is 1.76 bits per heavy atom. The Hall–Kier alpha value is -1.91. The minimum atomic E-state index is -0.624. The molecule has 0 saturated heterocycles. The third-order valence-electron chi connectivity index (χ3n) is 3.22. The number of aliphatic hydroxyl groups excluding tert-OH is 1. The summed E-state index contributed by atoms with van der Waals surface area (Å²) in [5.41, 5.74) is 1.17. The lowest BCUT2D eigenvalue weighted by Crippen LogP contribution is -2.33. The van der Waals surface area contributed by atoms with Crippen molar-refractivity contribution in [3.63, 3.8) is 0 Å². The first kappa shape index (κ1) is 15.5. The van der Waals surface area contributed by atoms with Crippen LogP contribution >= 0.6 is 0 Å². The smallest absolute Gasteiger partial charge is 0.123 e. The van der Waals surface area contributed by atoms with E-state index in [-0.39, 0.29) is 18.5 Å². The van der Waals surface area contributed by atoms with Crippen LogP contribution in [-0.4, -0.2) is 24.4 Å². The van der Waals surface area contributed by atoms with E-state index in [0.717, 1.165) is 0 Å². The molecule has 2 rings (SSSR count). The molecule has 0 aliphatic rings. The van der Waals surface area contributed by atoms with Gasteiger partial charge >= 0.3 is 0 Å². The Morgan fingerprint density at radius 1 is 1.10 bits per heavy atom. The minimum absolute atomic E-state index is 0.159. The first-order valence-corrected chi connectivity index (χ1v) is 7.00. The molecule has 0 radical (unpaired) electrons. The van der Waals surface area contributed by atoms with Crippen molar-refractivity contribution in [3.05, 3.63) is 66.0 Å². The van der Waals surface area contributed by atoms with Gasteiger partial charge in [-0.05, 0) is 36.8 Å². The van der Waals surface area contributed by atoms with Crippen LogP contribution in [0.2, 0.25) is 0 Å². The largest absolute Gasteiger partial charge is 0.491 e. The number of hydrogen-bond donors (Lipinski definition) is 2. The fourth-order valence-electron chi connectivity index (χ4n) is 1.95. The SMILES string of the molecule is CC(NCC(O)COc1ccc(F)cc1)c1ccccc1. The average molecular weight is 289 g/mol. The number of benzene rings is 2. The zero-order valence-electron chi connectivity index (χ0n) is 12.0. The molecule has 2 aromatic rings. The van der Waals surface area contributed by atoms with Gasteiger partial charge in [-0.25, -0.2) is 4.39 Å². The minimum Gasteiger partial charge on any atom is -0.491 e. The molecule has 112 valence electrons. The molecular formula is C17H20FNO2. The van der Waals surface area contributed by atoms with E-state index in [1.54, 1.807) is 12.1 Å². The molecular weight excluding hydrogens is 269 g/mol. The highest BCUT2D eigenvalue weighted by molar-refractivity contribution is 5.22. The van der Waals surface area contributed by atoms with E-state index in [1.807, 2.05) is 37.3 Å². The van der Waals surface area contributed by atoms with Gasteiger partial charge in [-0.1, -0.05) is 30.3 Å². The Bertz CT molecular complexity index is 530. The van der Waals surface area contributed by atoms with E-state index >= 15 is 0 Å². The van der Waals surface area contributed by atoms with Gasteiger partial charge in [-0.15, -0.1) is 0 Å². The van der Waals surface area contributed by atoms with Crippen molar-refractivity contribution >= 4 is 0 Å². The van der Waals surface area contributed by atoms with E-state index in [0.29, 0.717) is 12.3 Å². The van der Waals surface area contributed by atoms with Crippen molar-refractivity contribution in [1.29, 1.82) is 0 Å². The van der Waals surface area contributed by atoms with Gasteiger partial charge in [0.2, 0.25) is 0 Å². The lowest BCUT2D eigenvalue weighted by Gasteiger charge is -2.18. The maximum atomic E-state index is 12.7. The van der Waals surface area contributed by atoms with Crippen molar-refractivity contribution < 1.29 is 14.2 Å². The first-order valence-electron chi connectivity index (χ1n) is 7.00. The van der Waals surface area contributed by atoms with Crippen LogP contribution in [0.15, 0.2) is 54.6 Å². The second-order valence-corrected chi connectivity index (χ2v) is 4.96. The predicted molar refractivity (Wildman–Crippen MR) is 80.8 cm³/mol. The fraction of sp³-hybridized carbons (Fsp3) is 0.294. The molecule has 0 fully saturated rings. The molecule has 0 heterocycles. The molecule has 0 aliphatic heterocycles. The Kier molecular flexibility index (Phi) is 5.72. The van der Waals surface area contributed by atoms with Gasteiger partial charge in [0.15, 0.2) is 0 Å². The van der Waals surface area contributed by atoms with Crippen LogP contribution in [0.4, 0.5) is 4.39 Å². The van der Waals surface area contributed by atoms with Gasteiger partial charge in [0.1, 0.15) is 24.3 Å². The van der Waals surface area contributed by atoms with Crippen LogP contribution in [-0.2, 0) is 0 Å². The number of ether oxygens (including phenoxy) is 1. The van der Waals surface area contributed by atoms with Crippen molar-refractivity contribution in [2.24, 2.45) is 0 Å². The molecule has 0 aromatic heterocycles. The predicted octanol–water partition coefficient (Wildman–Crippen LogP) is 2.92. The standard InChI is InChI=1S/C17H20FNO2/c1-13(14-5-3-2-4-6-14)19-11-16(20)12-21-17-9-7-15(18)8-10-17/h2-10,13,16,19-20H,11-12H2,1H3. The van der Waals surface area contributed by atoms with E-state index in [2.05, 4.69) is 5.32 Å². The molecule has 21 heavy (non-hydrogen) atoms. The molecule has 2 unspecified atom stereocenters. The van der Waals surface area contributed by atoms with Gasteiger partial charge < -0.3 is 15.2 Å².